The maximum absolute atomic E-state index is 11.8. The third-order valence-electron chi connectivity index (χ3n) is 2.56. The van der Waals surface area contributed by atoms with E-state index in [2.05, 4.69) is 10.3 Å². The van der Waals surface area contributed by atoms with Gasteiger partial charge in [0.2, 0.25) is 0 Å². The highest BCUT2D eigenvalue weighted by Crippen LogP contribution is 2.23. The summed E-state index contributed by atoms with van der Waals surface area (Å²) in [7, 11) is 0. The molecule has 0 radical (unpaired) electrons. The number of alkyl halides is 1. The molecule has 1 aliphatic heterocycles. The minimum absolute atomic E-state index is 0.111. The standard InChI is InChI=1S/C10H13ClN2O2S/c1-6-2-3-15-8(6)9(14)13-10-12-7(4-11)5-16-10/h5-6,8H,2-4H2,1H3,(H,12,13,14). The number of carbonyl (C=O) groups is 1. The van der Waals surface area contributed by atoms with E-state index >= 15 is 0 Å². The number of rotatable bonds is 3. The lowest BCUT2D eigenvalue weighted by Gasteiger charge is -2.12. The Balaban J connectivity index is 1.96. The molecule has 1 aliphatic rings. The van der Waals surface area contributed by atoms with Crippen LogP contribution in [0.1, 0.15) is 19.0 Å². The van der Waals surface area contributed by atoms with Crippen molar-refractivity contribution in [2.24, 2.45) is 5.92 Å². The zero-order valence-corrected chi connectivity index (χ0v) is 10.5. The molecule has 0 aromatic carbocycles. The lowest BCUT2D eigenvalue weighted by Crippen LogP contribution is -2.31. The van der Waals surface area contributed by atoms with Crippen molar-refractivity contribution < 1.29 is 9.53 Å². The minimum Gasteiger partial charge on any atom is -0.368 e. The first-order valence-electron chi connectivity index (χ1n) is 5.13. The molecule has 4 nitrogen and oxygen atoms in total. The minimum atomic E-state index is -0.344. The molecule has 16 heavy (non-hydrogen) atoms. The van der Waals surface area contributed by atoms with Crippen LogP contribution < -0.4 is 5.32 Å². The lowest BCUT2D eigenvalue weighted by molar-refractivity contribution is -0.126. The van der Waals surface area contributed by atoms with Gasteiger partial charge in [-0.1, -0.05) is 6.92 Å². The molecule has 1 fully saturated rings. The topological polar surface area (TPSA) is 51.2 Å². The number of thiazole rings is 1. The van der Waals surface area contributed by atoms with Crippen molar-refractivity contribution in [1.29, 1.82) is 0 Å². The average Bonchev–Trinajstić information content (AvgIpc) is 2.86. The quantitative estimate of drug-likeness (QED) is 0.848. The molecule has 88 valence electrons. The van der Waals surface area contributed by atoms with Crippen molar-refractivity contribution in [1.82, 2.24) is 4.98 Å². The number of halogens is 1. The second kappa shape index (κ2) is 5.12. The maximum Gasteiger partial charge on any atom is 0.255 e. The van der Waals surface area contributed by atoms with E-state index in [9.17, 15) is 4.79 Å². The maximum atomic E-state index is 11.8. The fourth-order valence-electron chi connectivity index (χ4n) is 1.63. The summed E-state index contributed by atoms with van der Waals surface area (Å²) in [5.41, 5.74) is 0.780. The molecule has 0 saturated carbocycles. The Morgan fingerprint density at radius 2 is 2.62 bits per heavy atom. The SMILES string of the molecule is CC1CCOC1C(=O)Nc1nc(CCl)cs1. The Labute approximate surface area is 103 Å². The van der Waals surface area contributed by atoms with Crippen LogP contribution in [0.4, 0.5) is 5.13 Å². The predicted octanol–water partition coefficient (Wildman–Crippen LogP) is 2.25. The van der Waals surface area contributed by atoms with E-state index < -0.39 is 0 Å². The molecule has 6 heteroatoms. The van der Waals surface area contributed by atoms with Gasteiger partial charge in [0.25, 0.3) is 5.91 Å². The Bertz CT molecular complexity index is 383. The summed E-state index contributed by atoms with van der Waals surface area (Å²) in [5, 5.41) is 5.18. The molecular formula is C10H13ClN2O2S. The summed E-state index contributed by atoms with van der Waals surface area (Å²) in [6, 6.07) is 0. The molecule has 2 rings (SSSR count). The summed E-state index contributed by atoms with van der Waals surface area (Å²) in [6.45, 7) is 2.67. The Hall–Kier alpha value is -0.650. The first kappa shape index (κ1) is 11.8. The molecule has 0 aliphatic carbocycles. The highest BCUT2D eigenvalue weighted by Gasteiger charge is 2.31. The third kappa shape index (κ3) is 2.53. The fraction of sp³-hybridized carbons (Fsp3) is 0.600. The molecule has 1 saturated heterocycles. The summed E-state index contributed by atoms with van der Waals surface area (Å²) >= 11 is 7.01. The van der Waals surface area contributed by atoms with Crippen LogP contribution in [-0.4, -0.2) is 23.6 Å². The Morgan fingerprint density at radius 3 is 3.19 bits per heavy atom. The van der Waals surface area contributed by atoms with Crippen molar-refractivity contribution >= 4 is 34.0 Å². The molecule has 1 aromatic rings. The third-order valence-corrected chi connectivity index (χ3v) is 3.64. The fourth-order valence-corrected chi connectivity index (χ4v) is 2.57. The molecule has 1 aromatic heterocycles. The molecule has 2 atom stereocenters. The molecule has 2 unspecified atom stereocenters. The summed E-state index contributed by atoms with van der Waals surface area (Å²) in [5.74, 6) is 0.524. The number of nitrogens with one attached hydrogen (secondary N) is 1. The van der Waals surface area contributed by atoms with E-state index in [0.29, 0.717) is 17.6 Å². The van der Waals surface area contributed by atoms with Crippen LogP contribution in [0.5, 0.6) is 0 Å². The summed E-state index contributed by atoms with van der Waals surface area (Å²) in [4.78, 5) is 16.0. The van der Waals surface area contributed by atoms with E-state index in [-0.39, 0.29) is 17.9 Å². The molecule has 1 amide bonds. The average molecular weight is 261 g/mol. The molecular weight excluding hydrogens is 248 g/mol. The van der Waals surface area contributed by atoms with Crippen molar-refractivity contribution in [3.63, 3.8) is 0 Å². The monoisotopic (exact) mass is 260 g/mol. The Morgan fingerprint density at radius 1 is 1.81 bits per heavy atom. The van der Waals surface area contributed by atoms with E-state index in [1.165, 1.54) is 11.3 Å². The van der Waals surface area contributed by atoms with Gasteiger partial charge in [0.1, 0.15) is 6.10 Å². The van der Waals surface area contributed by atoms with Gasteiger partial charge in [0.15, 0.2) is 5.13 Å². The second-order valence-electron chi connectivity index (χ2n) is 3.82. The van der Waals surface area contributed by atoms with Crippen molar-refractivity contribution in [2.45, 2.75) is 25.3 Å². The van der Waals surface area contributed by atoms with Crippen molar-refractivity contribution in [3.05, 3.63) is 11.1 Å². The van der Waals surface area contributed by atoms with Gasteiger partial charge in [-0.05, 0) is 12.3 Å². The van der Waals surface area contributed by atoms with Gasteiger partial charge >= 0.3 is 0 Å². The van der Waals surface area contributed by atoms with Gasteiger partial charge < -0.3 is 4.74 Å². The van der Waals surface area contributed by atoms with Gasteiger partial charge in [-0.2, -0.15) is 0 Å². The van der Waals surface area contributed by atoms with Gasteiger partial charge in [-0.3, -0.25) is 10.1 Å². The molecule has 0 bridgehead atoms. The van der Waals surface area contributed by atoms with Gasteiger partial charge in [0.05, 0.1) is 11.6 Å². The van der Waals surface area contributed by atoms with Crippen LogP contribution in [0.3, 0.4) is 0 Å². The van der Waals surface area contributed by atoms with Gasteiger partial charge in [0, 0.05) is 12.0 Å². The van der Waals surface area contributed by atoms with Crippen LogP contribution >= 0.6 is 22.9 Å². The molecule has 0 spiro atoms. The van der Waals surface area contributed by atoms with Gasteiger partial charge in [-0.15, -0.1) is 22.9 Å². The van der Waals surface area contributed by atoms with Crippen LogP contribution in [0.2, 0.25) is 0 Å². The number of carbonyl (C=O) groups excluding carboxylic acids is 1. The Kier molecular flexibility index (Phi) is 3.78. The number of amides is 1. The molecule has 1 N–H and O–H groups in total. The normalized spacial score (nSPS) is 24.6. The smallest absolute Gasteiger partial charge is 0.255 e. The highest BCUT2D eigenvalue weighted by molar-refractivity contribution is 7.14. The van der Waals surface area contributed by atoms with Crippen molar-refractivity contribution in [2.75, 3.05) is 11.9 Å². The van der Waals surface area contributed by atoms with E-state index in [1.807, 2.05) is 12.3 Å². The number of aromatic nitrogens is 1. The zero-order valence-electron chi connectivity index (χ0n) is 8.90. The highest BCUT2D eigenvalue weighted by atomic mass is 35.5. The zero-order chi connectivity index (χ0) is 11.5. The number of anilines is 1. The van der Waals surface area contributed by atoms with E-state index in [4.69, 9.17) is 16.3 Å². The number of nitrogens with zero attached hydrogens (tertiary/aromatic N) is 1. The van der Waals surface area contributed by atoms with E-state index in [0.717, 1.165) is 12.1 Å². The summed E-state index contributed by atoms with van der Waals surface area (Å²) < 4.78 is 5.37. The summed E-state index contributed by atoms with van der Waals surface area (Å²) in [6.07, 6.45) is 0.589. The van der Waals surface area contributed by atoms with Gasteiger partial charge in [-0.25, -0.2) is 4.98 Å². The van der Waals surface area contributed by atoms with Crippen LogP contribution in [0.15, 0.2) is 5.38 Å². The number of hydrogen-bond acceptors (Lipinski definition) is 4. The lowest BCUT2D eigenvalue weighted by atomic mass is 10.0. The number of ether oxygens (including phenoxy) is 1. The first-order chi connectivity index (χ1) is 7.70. The first-order valence-corrected chi connectivity index (χ1v) is 6.55. The predicted molar refractivity (Wildman–Crippen MR) is 63.8 cm³/mol. The second-order valence-corrected chi connectivity index (χ2v) is 4.95. The largest absolute Gasteiger partial charge is 0.368 e. The van der Waals surface area contributed by atoms with Crippen LogP contribution in [-0.2, 0) is 15.4 Å². The molecule has 2 heterocycles. The van der Waals surface area contributed by atoms with Crippen LogP contribution in [0, 0.1) is 5.92 Å². The van der Waals surface area contributed by atoms with Crippen LogP contribution in [0.25, 0.3) is 0 Å². The van der Waals surface area contributed by atoms with Crippen molar-refractivity contribution in [3.8, 4) is 0 Å². The number of hydrogen-bond donors (Lipinski definition) is 1. The van der Waals surface area contributed by atoms with E-state index in [1.54, 1.807) is 0 Å².